The number of hydrogen-bond acceptors (Lipinski definition) is 2. The minimum Gasteiger partial charge on any atom is -0.382 e. The third-order valence-electron chi connectivity index (χ3n) is 3.08. The Labute approximate surface area is 88.4 Å². The van der Waals surface area contributed by atoms with Crippen molar-refractivity contribution < 1.29 is 4.74 Å². The fraction of sp³-hybridized carbons (Fsp3) is 1.00. The average molecular weight is 199 g/mol. The summed E-state index contributed by atoms with van der Waals surface area (Å²) in [6.45, 7) is 8.50. The first kappa shape index (κ1) is 12.0. The fourth-order valence-electron chi connectivity index (χ4n) is 1.92. The van der Waals surface area contributed by atoms with Crippen molar-refractivity contribution in [3.8, 4) is 0 Å². The van der Waals surface area contributed by atoms with Gasteiger partial charge in [-0.1, -0.05) is 6.92 Å². The second-order valence-electron chi connectivity index (χ2n) is 4.48. The predicted octanol–water partition coefficient (Wildman–Crippen LogP) is 2.58. The van der Waals surface area contributed by atoms with E-state index in [0.29, 0.717) is 5.41 Å². The zero-order chi connectivity index (χ0) is 10.3. The van der Waals surface area contributed by atoms with Crippen molar-refractivity contribution >= 4 is 0 Å². The monoisotopic (exact) mass is 199 g/mol. The number of rotatable bonds is 9. The van der Waals surface area contributed by atoms with E-state index in [2.05, 4.69) is 19.2 Å². The van der Waals surface area contributed by atoms with Gasteiger partial charge in [-0.15, -0.1) is 0 Å². The quantitative estimate of drug-likeness (QED) is 0.576. The first-order valence-electron chi connectivity index (χ1n) is 6.11. The maximum absolute atomic E-state index is 5.36. The highest BCUT2D eigenvalue weighted by Gasteiger charge is 2.40. The first-order valence-corrected chi connectivity index (χ1v) is 6.11. The van der Waals surface area contributed by atoms with Crippen LogP contribution in [0.25, 0.3) is 0 Å². The van der Waals surface area contributed by atoms with Gasteiger partial charge in [0.2, 0.25) is 0 Å². The molecule has 1 saturated carbocycles. The van der Waals surface area contributed by atoms with Gasteiger partial charge in [-0.3, -0.25) is 0 Å². The highest BCUT2D eigenvalue weighted by Crippen LogP contribution is 2.48. The summed E-state index contributed by atoms with van der Waals surface area (Å²) in [5, 5.41) is 3.54. The maximum Gasteiger partial charge on any atom is 0.0466 e. The summed E-state index contributed by atoms with van der Waals surface area (Å²) in [7, 11) is 0. The van der Waals surface area contributed by atoms with Gasteiger partial charge in [-0.25, -0.2) is 0 Å². The topological polar surface area (TPSA) is 21.3 Å². The van der Waals surface area contributed by atoms with Crippen LogP contribution in [0.5, 0.6) is 0 Å². The van der Waals surface area contributed by atoms with Crippen LogP contribution in [0, 0.1) is 5.41 Å². The van der Waals surface area contributed by atoms with E-state index in [1.807, 2.05) is 0 Å². The molecule has 1 N–H and O–H groups in total. The van der Waals surface area contributed by atoms with Gasteiger partial charge < -0.3 is 10.1 Å². The Morgan fingerprint density at radius 1 is 1.29 bits per heavy atom. The molecule has 1 aliphatic rings. The predicted molar refractivity (Wildman–Crippen MR) is 60.6 cm³/mol. The van der Waals surface area contributed by atoms with E-state index in [4.69, 9.17) is 4.74 Å². The van der Waals surface area contributed by atoms with E-state index in [9.17, 15) is 0 Å². The Bertz CT molecular complexity index is 143. The summed E-state index contributed by atoms with van der Waals surface area (Å²) in [6, 6.07) is 0. The molecule has 1 fully saturated rings. The molecule has 0 aromatic heterocycles. The minimum absolute atomic E-state index is 0.659. The van der Waals surface area contributed by atoms with Gasteiger partial charge in [0.15, 0.2) is 0 Å². The molecule has 2 heteroatoms. The van der Waals surface area contributed by atoms with E-state index in [1.165, 1.54) is 45.2 Å². The Morgan fingerprint density at radius 2 is 2.07 bits per heavy atom. The van der Waals surface area contributed by atoms with Crippen LogP contribution in [0.15, 0.2) is 0 Å². The van der Waals surface area contributed by atoms with Crippen LogP contribution in [0.3, 0.4) is 0 Å². The lowest BCUT2D eigenvalue weighted by atomic mass is 10.0. The summed E-state index contributed by atoms with van der Waals surface area (Å²) in [6.07, 6.45) is 6.69. The van der Waals surface area contributed by atoms with E-state index in [1.54, 1.807) is 0 Å². The van der Waals surface area contributed by atoms with E-state index >= 15 is 0 Å². The molecular weight excluding hydrogens is 174 g/mol. The van der Waals surface area contributed by atoms with Crippen LogP contribution >= 0.6 is 0 Å². The van der Waals surface area contributed by atoms with Crippen LogP contribution in [0.2, 0.25) is 0 Å². The molecule has 84 valence electrons. The highest BCUT2D eigenvalue weighted by atomic mass is 16.5. The van der Waals surface area contributed by atoms with E-state index < -0.39 is 0 Å². The zero-order valence-electron chi connectivity index (χ0n) is 9.77. The second-order valence-corrected chi connectivity index (χ2v) is 4.48. The lowest BCUT2D eigenvalue weighted by Crippen LogP contribution is -2.24. The summed E-state index contributed by atoms with van der Waals surface area (Å²) >= 11 is 0. The van der Waals surface area contributed by atoms with Gasteiger partial charge in [0.25, 0.3) is 0 Å². The number of hydrogen-bond donors (Lipinski definition) is 1. The third kappa shape index (κ3) is 4.43. The smallest absolute Gasteiger partial charge is 0.0466 e. The molecule has 14 heavy (non-hydrogen) atoms. The van der Waals surface area contributed by atoms with E-state index in [-0.39, 0.29) is 0 Å². The fourth-order valence-corrected chi connectivity index (χ4v) is 1.92. The molecule has 0 aromatic carbocycles. The molecule has 0 atom stereocenters. The Balaban J connectivity index is 1.98. The van der Waals surface area contributed by atoms with Crippen molar-refractivity contribution in [3.63, 3.8) is 0 Å². The van der Waals surface area contributed by atoms with Gasteiger partial charge in [0.1, 0.15) is 0 Å². The zero-order valence-corrected chi connectivity index (χ0v) is 9.77. The van der Waals surface area contributed by atoms with Crippen LogP contribution < -0.4 is 5.32 Å². The van der Waals surface area contributed by atoms with Gasteiger partial charge in [-0.05, 0) is 51.0 Å². The van der Waals surface area contributed by atoms with Gasteiger partial charge in [-0.2, -0.15) is 0 Å². The highest BCUT2D eigenvalue weighted by molar-refractivity contribution is 4.94. The molecule has 0 aliphatic heterocycles. The summed E-state index contributed by atoms with van der Waals surface area (Å²) in [5.41, 5.74) is 0.659. The van der Waals surface area contributed by atoms with E-state index in [0.717, 1.165) is 13.2 Å². The lowest BCUT2D eigenvalue weighted by Gasteiger charge is -2.15. The Kier molecular flexibility index (Phi) is 5.49. The Morgan fingerprint density at radius 3 is 2.64 bits per heavy atom. The van der Waals surface area contributed by atoms with Gasteiger partial charge in [0.05, 0.1) is 0 Å². The first-order chi connectivity index (χ1) is 6.83. The molecule has 1 aliphatic carbocycles. The molecule has 0 heterocycles. The number of nitrogens with one attached hydrogen (secondary N) is 1. The third-order valence-corrected chi connectivity index (χ3v) is 3.08. The lowest BCUT2D eigenvalue weighted by molar-refractivity contribution is 0.138. The molecule has 0 saturated heterocycles. The molecule has 0 radical (unpaired) electrons. The van der Waals surface area contributed by atoms with Crippen LogP contribution in [-0.2, 0) is 4.74 Å². The molecule has 0 aromatic rings. The minimum atomic E-state index is 0.659. The number of ether oxygens (including phenoxy) is 1. The Hall–Kier alpha value is -0.0800. The molecule has 0 unspecified atom stereocenters. The molecule has 1 rings (SSSR count). The molecule has 2 nitrogen and oxygen atoms in total. The van der Waals surface area contributed by atoms with Crippen molar-refractivity contribution in [2.24, 2.45) is 5.41 Å². The standard InChI is InChI=1S/C12H25NO/c1-3-9-13-11-12(7-8-12)6-5-10-14-4-2/h13H,3-11H2,1-2H3. The largest absolute Gasteiger partial charge is 0.382 e. The molecule has 0 spiro atoms. The van der Waals surface area contributed by atoms with Crippen molar-refractivity contribution in [2.75, 3.05) is 26.3 Å². The van der Waals surface area contributed by atoms with Crippen LogP contribution in [-0.4, -0.2) is 26.3 Å². The summed E-state index contributed by atoms with van der Waals surface area (Å²) < 4.78 is 5.36. The second kappa shape index (κ2) is 6.41. The molecular formula is C12H25NO. The van der Waals surface area contributed by atoms with Gasteiger partial charge in [0, 0.05) is 19.8 Å². The van der Waals surface area contributed by atoms with Crippen molar-refractivity contribution in [3.05, 3.63) is 0 Å². The van der Waals surface area contributed by atoms with Crippen molar-refractivity contribution in [1.29, 1.82) is 0 Å². The maximum atomic E-state index is 5.36. The normalized spacial score (nSPS) is 18.4. The molecule has 0 amide bonds. The SMILES string of the molecule is CCCNCC1(CCCOCC)CC1. The van der Waals surface area contributed by atoms with Gasteiger partial charge >= 0.3 is 0 Å². The molecule has 0 bridgehead atoms. The summed E-state index contributed by atoms with van der Waals surface area (Å²) in [5.74, 6) is 0. The average Bonchev–Trinajstić information content (AvgIpc) is 2.94. The van der Waals surface area contributed by atoms with Crippen LogP contribution in [0.1, 0.15) is 46.0 Å². The van der Waals surface area contributed by atoms with Crippen LogP contribution in [0.4, 0.5) is 0 Å². The summed E-state index contributed by atoms with van der Waals surface area (Å²) in [4.78, 5) is 0. The van der Waals surface area contributed by atoms with Crippen molar-refractivity contribution in [2.45, 2.75) is 46.0 Å². The van der Waals surface area contributed by atoms with Crippen molar-refractivity contribution in [1.82, 2.24) is 5.32 Å².